The van der Waals surface area contributed by atoms with Gasteiger partial charge in [-0.1, -0.05) is 18.9 Å². The van der Waals surface area contributed by atoms with Crippen LogP contribution >= 0.6 is 0 Å². The normalized spacial score (nSPS) is 24.6. The summed E-state index contributed by atoms with van der Waals surface area (Å²) in [5, 5.41) is 47.2. The van der Waals surface area contributed by atoms with Crippen LogP contribution in [0.5, 0.6) is 11.5 Å². The average Bonchev–Trinajstić information content (AvgIpc) is 3.10. The standard InChI is InChI=1S/C39H62N2O10/c1-26(43)9-11-29(12-14-31(45)8-6-22-42)33(50-27(2)44)24-35(51-37(48)39-17-5-4-7-30(39)13-16-36(47)41-39)38(18-20-40-21-19-38)25-28-10-15-32(46)34(23-28)49-3/h10,15,23,26,29-31,33,35,40,42-43,45-46H,4-9,11-14,16-22,24-25H2,1-3H3,(H,41,47)/t26-,29+,30-,31+,33-,35+,39-/m0/s1. The van der Waals surface area contributed by atoms with E-state index in [1.54, 1.807) is 19.1 Å². The van der Waals surface area contributed by atoms with Gasteiger partial charge in [0.25, 0.3) is 0 Å². The number of hydrogen-bond acceptors (Lipinski definition) is 11. The van der Waals surface area contributed by atoms with Gasteiger partial charge >= 0.3 is 11.9 Å². The number of aliphatic hydroxyl groups is 3. The van der Waals surface area contributed by atoms with Gasteiger partial charge in [0.05, 0.1) is 19.3 Å². The van der Waals surface area contributed by atoms with E-state index in [9.17, 15) is 34.8 Å². The maximum absolute atomic E-state index is 14.7. The van der Waals surface area contributed by atoms with Crippen LogP contribution in [0.2, 0.25) is 0 Å². The summed E-state index contributed by atoms with van der Waals surface area (Å²) in [5.41, 5.74) is -0.814. The van der Waals surface area contributed by atoms with Crippen LogP contribution in [-0.4, -0.2) is 95.0 Å². The molecule has 4 rings (SSSR count). The number of fused-ring (bicyclic) bond motifs is 1. The van der Waals surface area contributed by atoms with Gasteiger partial charge in [-0.05, 0) is 127 Å². The number of aromatic hydroxyl groups is 1. The summed E-state index contributed by atoms with van der Waals surface area (Å²) >= 11 is 0. The van der Waals surface area contributed by atoms with Crippen molar-refractivity contribution in [1.29, 1.82) is 0 Å². The Morgan fingerprint density at radius 2 is 1.75 bits per heavy atom. The van der Waals surface area contributed by atoms with Gasteiger partial charge in [0.15, 0.2) is 11.5 Å². The SMILES string of the molecule is COc1cc(CC2([C@@H](C[C@H](OC(C)=O)[C@@H](CC[C@H](O)CCCO)CC[C@H](C)O)OC(=O)[C@]34CCCC[C@H]3CCC(=O)N4)CCNCC2)ccc1O. The maximum Gasteiger partial charge on any atom is 0.332 e. The average molecular weight is 719 g/mol. The highest BCUT2D eigenvalue weighted by Gasteiger charge is 2.54. The number of amides is 1. The van der Waals surface area contributed by atoms with Crippen molar-refractivity contribution in [3.8, 4) is 11.5 Å². The van der Waals surface area contributed by atoms with E-state index in [2.05, 4.69) is 10.6 Å². The minimum Gasteiger partial charge on any atom is -0.504 e. The van der Waals surface area contributed by atoms with Crippen molar-refractivity contribution in [2.45, 2.75) is 147 Å². The zero-order valence-corrected chi connectivity index (χ0v) is 30.9. The monoisotopic (exact) mass is 718 g/mol. The number of phenols is 1. The summed E-state index contributed by atoms with van der Waals surface area (Å²) in [5.74, 6) is -0.966. The second kappa shape index (κ2) is 19.2. The molecule has 0 unspecified atom stereocenters. The molecule has 2 saturated heterocycles. The van der Waals surface area contributed by atoms with Crippen molar-refractivity contribution in [3.05, 3.63) is 23.8 Å². The summed E-state index contributed by atoms with van der Waals surface area (Å²) in [4.78, 5) is 40.3. The molecule has 0 spiro atoms. The summed E-state index contributed by atoms with van der Waals surface area (Å²) < 4.78 is 18.3. The maximum atomic E-state index is 14.7. The molecule has 2 heterocycles. The Balaban J connectivity index is 1.76. The molecule has 3 fully saturated rings. The Kier molecular flexibility index (Phi) is 15.4. The predicted molar refractivity (Wildman–Crippen MR) is 191 cm³/mol. The van der Waals surface area contributed by atoms with Gasteiger partial charge in [-0.3, -0.25) is 9.59 Å². The topological polar surface area (TPSA) is 184 Å². The molecule has 0 aromatic heterocycles. The highest BCUT2D eigenvalue weighted by molar-refractivity contribution is 5.90. The summed E-state index contributed by atoms with van der Waals surface area (Å²) in [6.07, 6.45) is 6.33. The highest BCUT2D eigenvalue weighted by atomic mass is 16.6. The smallest absolute Gasteiger partial charge is 0.332 e. The van der Waals surface area contributed by atoms with Crippen LogP contribution in [0.15, 0.2) is 18.2 Å². The minimum atomic E-state index is -1.11. The van der Waals surface area contributed by atoms with E-state index >= 15 is 0 Å². The molecule has 12 heteroatoms. The summed E-state index contributed by atoms with van der Waals surface area (Å²) in [7, 11) is 1.50. The van der Waals surface area contributed by atoms with Crippen molar-refractivity contribution in [3.63, 3.8) is 0 Å². The number of aliphatic hydroxyl groups excluding tert-OH is 3. The van der Waals surface area contributed by atoms with E-state index in [1.165, 1.54) is 14.0 Å². The molecule has 1 saturated carbocycles. The molecular weight excluding hydrogens is 656 g/mol. The number of rotatable bonds is 19. The first kappa shape index (κ1) is 40.8. The number of nitrogens with one attached hydrogen (secondary N) is 2. The third kappa shape index (κ3) is 11.0. The lowest BCUT2D eigenvalue weighted by Crippen LogP contribution is -2.65. The van der Waals surface area contributed by atoms with Crippen molar-refractivity contribution in [1.82, 2.24) is 10.6 Å². The lowest BCUT2D eigenvalue weighted by molar-refractivity contribution is -0.179. The van der Waals surface area contributed by atoms with Gasteiger partial charge in [-0.2, -0.15) is 0 Å². The fourth-order valence-electron chi connectivity index (χ4n) is 8.78. The Morgan fingerprint density at radius 1 is 1.00 bits per heavy atom. The number of benzene rings is 1. The van der Waals surface area contributed by atoms with Crippen LogP contribution in [0, 0.1) is 17.3 Å². The van der Waals surface area contributed by atoms with Gasteiger partial charge in [0.2, 0.25) is 5.91 Å². The van der Waals surface area contributed by atoms with E-state index in [-0.39, 0.29) is 36.5 Å². The van der Waals surface area contributed by atoms with E-state index in [0.29, 0.717) is 95.9 Å². The molecule has 288 valence electrons. The molecule has 1 aromatic carbocycles. The zero-order chi connectivity index (χ0) is 37.0. The Bertz CT molecular complexity index is 1280. The van der Waals surface area contributed by atoms with Gasteiger partial charge in [-0.15, -0.1) is 0 Å². The van der Waals surface area contributed by atoms with Crippen molar-refractivity contribution >= 4 is 17.8 Å². The third-order valence-corrected chi connectivity index (χ3v) is 11.7. The largest absolute Gasteiger partial charge is 0.504 e. The fraction of sp³-hybridized carbons (Fsp3) is 0.769. The molecule has 6 N–H and O–H groups in total. The molecular formula is C39H62N2O10. The lowest BCUT2D eigenvalue weighted by atomic mass is 9.66. The van der Waals surface area contributed by atoms with Gasteiger partial charge in [0, 0.05) is 31.8 Å². The molecule has 3 aliphatic rings. The van der Waals surface area contributed by atoms with Crippen LogP contribution in [0.25, 0.3) is 0 Å². The van der Waals surface area contributed by atoms with Gasteiger partial charge < -0.3 is 45.3 Å². The number of phenolic OH excluding ortho intramolecular Hbond substituents is 1. The minimum absolute atomic E-state index is 0.0156. The van der Waals surface area contributed by atoms with E-state index in [0.717, 1.165) is 24.8 Å². The Labute approximate surface area is 303 Å². The third-order valence-electron chi connectivity index (χ3n) is 11.7. The van der Waals surface area contributed by atoms with Crippen molar-refractivity contribution in [2.24, 2.45) is 17.3 Å². The lowest BCUT2D eigenvalue weighted by Gasteiger charge is -2.49. The number of esters is 2. The van der Waals surface area contributed by atoms with E-state index in [4.69, 9.17) is 14.2 Å². The first-order valence-electron chi connectivity index (χ1n) is 19.1. The van der Waals surface area contributed by atoms with Crippen molar-refractivity contribution < 1.29 is 49.0 Å². The number of carbonyl (C=O) groups excluding carboxylic acids is 3. The van der Waals surface area contributed by atoms with Crippen molar-refractivity contribution in [2.75, 3.05) is 26.8 Å². The number of ether oxygens (including phenoxy) is 3. The molecule has 7 atom stereocenters. The van der Waals surface area contributed by atoms with Gasteiger partial charge in [-0.25, -0.2) is 4.79 Å². The molecule has 12 nitrogen and oxygen atoms in total. The second-order valence-corrected chi connectivity index (χ2v) is 15.4. The van der Waals surface area contributed by atoms with Crippen LogP contribution in [0.1, 0.15) is 116 Å². The molecule has 51 heavy (non-hydrogen) atoms. The fourth-order valence-corrected chi connectivity index (χ4v) is 8.78. The van der Waals surface area contributed by atoms with Crippen LogP contribution in [0.4, 0.5) is 0 Å². The predicted octanol–water partition coefficient (Wildman–Crippen LogP) is 4.08. The van der Waals surface area contributed by atoms with Crippen LogP contribution in [-0.2, 0) is 30.3 Å². The number of hydrogen-bond donors (Lipinski definition) is 6. The zero-order valence-electron chi connectivity index (χ0n) is 30.9. The molecule has 0 radical (unpaired) electrons. The van der Waals surface area contributed by atoms with Gasteiger partial charge in [0.1, 0.15) is 17.7 Å². The first-order chi connectivity index (χ1) is 24.4. The number of piperidine rings is 2. The quantitative estimate of drug-likeness (QED) is 0.113. The first-order valence-corrected chi connectivity index (χ1v) is 19.1. The second-order valence-electron chi connectivity index (χ2n) is 15.4. The van der Waals surface area contributed by atoms with E-state index in [1.807, 2.05) is 6.07 Å². The summed E-state index contributed by atoms with van der Waals surface area (Å²) in [6, 6.07) is 5.25. The highest BCUT2D eigenvalue weighted by Crippen LogP contribution is 2.46. The van der Waals surface area contributed by atoms with E-state index < -0.39 is 47.3 Å². The molecule has 1 amide bonds. The Hall–Kier alpha value is -2.93. The molecule has 1 aliphatic carbocycles. The molecule has 0 bridgehead atoms. The number of carbonyl (C=O) groups is 3. The summed E-state index contributed by atoms with van der Waals surface area (Å²) in [6.45, 7) is 4.41. The Morgan fingerprint density at radius 3 is 2.43 bits per heavy atom. The molecule has 2 aliphatic heterocycles. The number of methoxy groups -OCH3 is 1. The van der Waals surface area contributed by atoms with Crippen LogP contribution < -0.4 is 15.4 Å². The molecule has 1 aromatic rings. The van der Waals surface area contributed by atoms with Crippen LogP contribution in [0.3, 0.4) is 0 Å².